The molecular formula is C15H23FN2O. The molecule has 2 rings (SSSR count). The van der Waals surface area contributed by atoms with Crippen LogP contribution in [0.25, 0.3) is 0 Å². The normalized spacial score (nSPS) is 16.1. The van der Waals surface area contributed by atoms with Crippen molar-refractivity contribution < 1.29 is 9.13 Å². The third kappa shape index (κ3) is 4.18. The molecule has 1 aromatic rings. The van der Waals surface area contributed by atoms with Gasteiger partial charge in [0.2, 0.25) is 0 Å². The Morgan fingerprint density at radius 1 is 1.32 bits per heavy atom. The third-order valence-corrected chi connectivity index (χ3v) is 3.26. The van der Waals surface area contributed by atoms with E-state index in [0.717, 1.165) is 44.1 Å². The van der Waals surface area contributed by atoms with E-state index < -0.39 is 0 Å². The van der Waals surface area contributed by atoms with Gasteiger partial charge in [-0.05, 0) is 36.2 Å². The average Bonchev–Trinajstić information content (AvgIpc) is 2.39. The fourth-order valence-corrected chi connectivity index (χ4v) is 2.30. The van der Waals surface area contributed by atoms with E-state index in [-0.39, 0.29) is 5.82 Å². The zero-order valence-electron chi connectivity index (χ0n) is 11.8. The highest BCUT2D eigenvalue weighted by atomic mass is 19.1. The molecule has 0 radical (unpaired) electrons. The maximum atomic E-state index is 13.4. The molecule has 1 fully saturated rings. The molecule has 1 saturated heterocycles. The Morgan fingerprint density at radius 2 is 2.05 bits per heavy atom. The maximum absolute atomic E-state index is 13.4. The van der Waals surface area contributed by atoms with Crippen LogP contribution >= 0.6 is 0 Å². The molecule has 4 heteroatoms. The molecule has 0 amide bonds. The van der Waals surface area contributed by atoms with Gasteiger partial charge in [-0.3, -0.25) is 0 Å². The molecule has 0 unspecified atom stereocenters. The smallest absolute Gasteiger partial charge is 0.123 e. The van der Waals surface area contributed by atoms with Gasteiger partial charge in [0, 0.05) is 25.3 Å². The Hall–Kier alpha value is -1.13. The first-order valence-electron chi connectivity index (χ1n) is 6.98. The highest BCUT2D eigenvalue weighted by molar-refractivity contribution is 5.54. The fourth-order valence-electron chi connectivity index (χ4n) is 2.30. The fraction of sp³-hybridized carbons (Fsp3) is 0.600. The van der Waals surface area contributed by atoms with Crippen LogP contribution in [0.5, 0.6) is 0 Å². The van der Waals surface area contributed by atoms with Crippen LogP contribution in [-0.2, 0) is 11.3 Å². The molecule has 0 atom stereocenters. The summed E-state index contributed by atoms with van der Waals surface area (Å²) in [6.45, 7) is 9.24. The first-order valence-corrected chi connectivity index (χ1v) is 6.98. The van der Waals surface area contributed by atoms with Crippen molar-refractivity contribution in [1.29, 1.82) is 0 Å². The van der Waals surface area contributed by atoms with Crippen LogP contribution in [0, 0.1) is 11.7 Å². The summed E-state index contributed by atoms with van der Waals surface area (Å²) in [6.07, 6.45) is 0. The molecule has 106 valence electrons. The van der Waals surface area contributed by atoms with Gasteiger partial charge in [0.25, 0.3) is 0 Å². The second-order valence-electron chi connectivity index (χ2n) is 5.40. The van der Waals surface area contributed by atoms with E-state index in [1.165, 1.54) is 6.07 Å². The summed E-state index contributed by atoms with van der Waals surface area (Å²) in [7, 11) is 0. The summed E-state index contributed by atoms with van der Waals surface area (Å²) < 4.78 is 18.8. The molecule has 0 bridgehead atoms. The first-order chi connectivity index (χ1) is 9.16. The second kappa shape index (κ2) is 6.87. The summed E-state index contributed by atoms with van der Waals surface area (Å²) in [4.78, 5) is 2.27. The van der Waals surface area contributed by atoms with E-state index in [2.05, 4.69) is 24.1 Å². The number of benzene rings is 1. The second-order valence-corrected chi connectivity index (χ2v) is 5.40. The van der Waals surface area contributed by atoms with Crippen molar-refractivity contribution in [3.8, 4) is 0 Å². The van der Waals surface area contributed by atoms with E-state index in [1.54, 1.807) is 6.07 Å². The predicted octanol–water partition coefficient (Wildman–Crippen LogP) is 2.41. The van der Waals surface area contributed by atoms with Gasteiger partial charge in [-0.15, -0.1) is 0 Å². The molecule has 1 aromatic carbocycles. The lowest BCUT2D eigenvalue weighted by molar-refractivity contribution is 0.122. The topological polar surface area (TPSA) is 24.5 Å². The van der Waals surface area contributed by atoms with Gasteiger partial charge in [0.15, 0.2) is 0 Å². The molecule has 0 aliphatic carbocycles. The molecule has 1 aliphatic heterocycles. The number of ether oxygens (including phenoxy) is 1. The maximum Gasteiger partial charge on any atom is 0.123 e. The largest absolute Gasteiger partial charge is 0.378 e. The van der Waals surface area contributed by atoms with Crippen molar-refractivity contribution in [2.24, 2.45) is 5.92 Å². The summed E-state index contributed by atoms with van der Waals surface area (Å²) in [5, 5.41) is 3.38. The van der Waals surface area contributed by atoms with Crippen molar-refractivity contribution >= 4 is 5.69 Å². The number of hydrogen-bond acceptors (Lipinski definition) is 3. The molecule has 0 spiro atoms. The molecular weight excluding hydrogens is 243 g/mol. The lowest BCUT2D eigenvalue weighted by Crippen LogP contribution is -2.37. The number of morpholine rings is 1. The van der Waals surface area contributed by atoms with Crippen molar-refractivity contribution in [2.75, 3.05) is 37.7 Å². The van der Waals surface area contributed by atoms with Crippen molar-refractivity contribution in [3.05, 3.63) is 29.6 Å². The first kappa shape index (κ1) is 14.3. The zero-order valence-corrected chi connectivity index (χ0v) is 11.8. The van der Waals surface area contributed by atoms with Gasteiger partial charge >= 0.3 is 0 Å². The minimum Gasteiger partial charge on any atom is -0.378 e. The van der Waals surface area contributed by atoms with Gasteiger partial charge in [-0.1, -0.05) is 13.8 Å². The van der Waals surface area contributed by atoms with E-state index in [0.29, 0.717) is 12.5 Å². The standard InChI is InChI=1S/C15H23FN2O/c1-12(2)10-17-11-13-9-14(16)3-4-15(13)18-5-7-19-8-6-18/h3-4,9,12,17H,5-8,10-11H2,1-2H3. The van der Waals surface area contributed by atoms with Crippen LogP contribution in [0.4, 0.5) is 10.1 Å². The van der Waals surface area contributed by atoms with Crippen molar-refractivity contribution in [3.63, 3.8) is 0 Å². The lowest BCUT2D eigenvalue weighted by Gasteiger charge is -2.30. The van der Waals surface area contributed by atoms with Crippen LogP contribution in [0.1, 0.15) is 19.4 Å². The number of nitrogens with one attached hydrogen (secondary N) is 1. The van der Waals surface area contributed by atoms with E-state index in [9.17, 15) is 4.39 Å². The van der Waals surface area contributed by atoms with Gasteiger partial charge in [0.05, 0.1) is 13.2 Å². The Bertz CT molecular complexity index is 403. The zero-order chi connectivity index (χ0) is 13.7. The predicted molar refractivity (Wildman–Crippen MR) is 76.0 cm³/mol. The van der Waals surface area contributed by atoms with Crippen LogP contribution in [0.3, 0.4) is 0 Å². The summed E-state index contributed by atoms with van der Waals surface area (Å²) in [5.74, 6) is 0.429. The van der Waals surface area contributed by atoms with Gasteiger partial charge in [-0.25, -0.2) is 4.39 Å². The van der Waals surface area contributed by atoms with Gasteiger partial charge in [-0.2, -0.15) is 0 Å². The summed E-state index contributed by atoms with van der Waals surface area (Å²) >= 11 is 0. The summed E-state index contributed by atoms with van der Waals surface area (Å²) in [5.41, 5.74) is 2.16. The minimum absolute atomic E-state index is 0.168. The minimum atomic E-state index is -0.168. The van der Waals surface area contributed by atoms with Gasteiger partial charge < -0.3 is 15.0 Å². The molecule has 1 N–H and O–H groups in total. The van der Waals surface area contributed by atoms with Crippen LogP contribution in [0.15, 0.2) is 18.2 Å². The molecule has 1 heterocycles. The highest BCUT2D eigenvalue weighted by Crippen LogP contribution is 2.22. The number of halogens is 1. The number of nitrogens with zero attached hydrogens (tertiary/aromatic N) is 1. The molecule has 0 saturated carbocycles. The van der Waals surface area contributed by atoms with Crippen molar-refractivity contribution in [2.45, 2.75) is 20.4 Å². The quantitative estimate of drug-likeness (QED) is 0.885. The highest BCUT2D eigenvalue weighted by Gasteiger charge is 2.15. The van der Waals surface area contributed by atoms with Crippen LogP contribution in [-0.4, -0.2) is 32.8 Å². The van der Waals surface area contributed by atoms with E-state index >= 15 is 0 Å². The lowest BCUT2D eigenvalue weighted by atomic mass is 10.1. The Morgan fingerprint density at radius 3 is 2.74 bits per heavy atom. The Labute approximate surface area is 114 Å². The SMILES string of the molecule is CC(C)CNCc1cc(F)ccc1N1CCOCC1. The monoisotopic (exact) mass is 266 g/mol. The molecule has 0 aromatic heterocycles. The third-order valence-electron chi connectivity index (χ3n) is 3.26. The number of rotatable bonds is 5. The number of hydrogen-bond donors (Lipinski definition) is 1. The number of anilines is 1. The summed E-state index contributed by atoms with van der Waals surface area (Å²) in [6, 6.07) is 5.06. The Balaban J connectivity index is 2.08. The van der Waals surface area contributed by atoms with E-state index in [1.807, 2.05) is 6.07 Å². The Kier molecular flexibility index (Phi) is 5.16. The van der Waals surface area contributed by atoms with E-state index in [4.69, 9.17) is 4.74 Å². The van der Waals surface area contributed by atoms with Gasteiger partial charge in [0.1, 0.15) is 5.82 Å². The van der Waals surface area contributed by atoms with Crippen LogP contribution < -0.4 is 10.2 Å². The van der Waals surface area contributed by atoms with Crippen molar-refractivity contribution in [1.82, 2.24) is 5.32 Å². The molecule has 3 nitrogen and oxygen atoms in total. The molecule has 19 heavy (non-hydrogen) atoms. The van der Waals surface area contributed by atoms with Crippen LogP contribution in [0.2, 0.25) is 0 Å². The molecule has 1 aliphatic rings. The average molecular weight is 266 g/mol.